The molecule has 6 unspecified atom stereocenters. The van der Waals surface area contributed by atoms with Crippen molar-refractivity contribution >= 4 is 11.8 Å². The standard InChI is InChI=1S/C13H20OS/c1-15-9-3-7-2-8(4-9)11-6-13-12(14-13)5-10(7)11/h7-13H,2-6H2,1H3. The van der Waals surface area contributed by atoms with Crippen LogP contribution in [0.2, 0.25) is 0 Å². The number of thioether (sulfide) groups is 1. The van der Waals surface area contributed by atoms with Crippen molar-refractivity contribution in [1.29, 1.82) is 0 Å². The Bertz CT molecular complexity index is 256. The molecule has 0 spiro atoms. The molecule has 3 aliphatic carbocycles. The van der Waals surface area contributed by atoms with Crippen molar-refractivity contribution in [3.63, 3.8) is 0 Å². The van der Waals surface area contributed by atoms with Gasteiger partial charge in [0.1, 0.15) is 0 Å². The van der Waals surface area contributed by atoms with Crippen LogP contribution in [0.25, 0.3) is 0 Å². The lowest BCUT2D eigenvalue weighted by Gasteiger charge is -2.27. The Kier molecular flexibility index (Phi) is 1.97. The average Bonchev–Trinajstić information content (AvgIpc) is 3.00. The summed E-state index contributed by atoms with van der Waals surface area (Å²) in [6.07, 6.45) is 11.1. The van der Waals surface area contributed by atoms with Gasteiger partial charge in [-0.15, -0.1) is 0 Å². The Morgan fingerprint density at radius 2 is 1.47 bits per heavy atom. The van der Waals surface area contributed by atoms with E-state index >= 15 is 0 Å². The van der Waals surface area contributed by atoms with Gasteiger partial charge >= 0.3 is 0 Å². The summed E-state index contributed by atoms with van der Waals surface area (Å²) in [6.45, 7) is 0. The molecule has 1 nitrogen and oxygen atoms in total. The molecule has 1 aliphatic heterocycles. The Balaban J connectivity index is 1.58. The summed E-state index contributed by atoms with van der Waals surface area (Å²) < 4.78 is 5.73. The van der Waals surface area contributed by atoms with Crippen LogP contribution in [0.1, 0.15) is 32.1 Å². The lowest BCUT2D eigenvalue weighted by molar-refractivity contribution is 0.238. The van der Waals surface area contributed by atoms with Crippen LogP contribution in [0.5, 0.6) is 0 Å². The summed E-state index contributed by atoms with van der Waals surface area (Å²) in [5.74, 6) is 4.24. The van der Waals surface area contributed by atoms with Gasteiger partial charge in [0.05, 0.1) is 12.2 Å². The smallest absolute Gasteiger partial charge is 0.0844 e. The number of epoxide rings is 1. The second-order valence-corrected chi connectivity index (χ2v) is 7.24. The first-order valence-corrected chi connectivity index (χ1v) is 7.82. The van der Waals surface area contributed by atoms with Gasteiger partial charge in [-0.05, 0) is 62.0 Å². The Labute approximate surface area is 96.3 Å². The van der Waals surface area contributed by atoms with Crippen LogP contribution >= 0.6 is 11.8 Å². The molecule has 0 amide bonds. The van der Waals surface area contributed by atoms with Crippen LogP contribution in [0.3, 0.4) is 0 Å². The molecule has 15 heavy (non-hydrogen) atoms. The molecule has 2 heteroatoms. The van der Waals surface area contributed by atoms with Crippen LogP contribution in [0.15, 0.2) is 0 Å². The molecule has 1 heterocycles. The van der Waals surface area contributed by atoms with Gasteiger partial charge in [0.2, 0.25) is 0 Å². The van der Waals surface area contributed by atoms with E-state index in [0.29, 0.717) is 12.2 Å². The second-order valence-electron chi connectivity index (χ2n) is 6.10. The molecule has 2 bridgehead atoms. The molecule has 0 aromatic heterocycles. The minimum Gasteiger partial charge on any atom is -0.370 e. The summed E-state index contributed by atoms with van der Waals surface area (Å²) in [5, 5.41) is 0.983. The molecular weight excluding hydrogens is 204 g/mol. The molecule has 4 fully saturated rings. The molecule has 0 aromatic carbocycles. The molecule has 0 aromatic rings. The van der Waals surface area contributed by atoms with Gasteiger partial charge in [0, 0.05) is 5.25 Å². The Hall–Kier alpha value is 0.310. The fourth-order valence-electron chi connectivity index (χ4n) is 4.81. The largest absolute Gasteiger partial charge is 0.370 e. The van der Waals surface area contributed by atoms with E-state index in [1.807, 2.05) is 0 Å². The monoisotopic (exact) mass is 224 g/mol. The van der Waals surface area contributed by atoms with E-state index in [1.54, 1.807) is 6.42 Å². The van der Waals surface area contributed by atoms with E-state index in [1.165, 1.54) is 25.7 Å². The number of hydrogen-bond donors (Lipinski definition) is 0. The summed E-state index contributed by atoms with van der Waals surface area (Å²) in [6, 6.07) is 0. The maximum Gasteiger partial charge on any atom is 0.0844 e. The zero-order chi connectivity index (χ0) is 9.99. The van der Waals surface area contributed by atoms with Crippen molar-refractivity contribution in [1.82, 2.24) is 0 Å². The molecular formula is C13H20OS. The third-order valence-electron chi connectivity index (χ3n) is 5.53. The van der Waals surface area contributed by atoms with E-state index in [9.17, 15) is 0 Å². The summed E-state index contributed by atoms with van der Waals surface area (Å²) >= 11 is 2.12. The minimum atomic E-state index is 0.693. The van der Waals surface area contributed by atoms with Crippen molar-refractivity contribution in [3.05, 3.63) is 0 Å². The first-order valence-electron chi connectivity index (χ1n) is 6.53. The Morgan fingerprint density at radius 3 is 2.00 bits per heavy atom. The highest BCUT2D eigenvalue weighted by molar-refractivity contribution is 7.99. The van der Waals surface area contributed by atoms with Gasteiger partial charge in [0.25, 0.3) is 0 Å². The van der Waals surface area contributed by atoms with E-state index in [0.717, 1.165) is 28.9 Å². The number of rotatable bonds is 1. The lowest BCUT2D eigenvalue weighted by Crippen LogP contribution is -2.25. The lowest BCUT2D eigenvalue weighted by atomic mass is 9.77. The number of ether oxygens (including phenoxy) is 1. The van der Waals surface area contributed by atoms with Crippen molar-refractivity contribution in [2.45, 2.75) is 49.6 Å². The van der Waals surface area contributed by atoms with Crippen molar-refractivity contribution in [2.24, 2.45) is 23.7 Å². The normalized spacial score (nSPS) is 61.0. The topological polar surface area (TPSA) is 12.5 Å². The third-order valence-corrected chi connectivity index (χ3v) is 6.58. The van der Waals surface area contributed by atoms with Crippen LogP contribution in [0.4, 0.5) is 0 Å². The van der Waals surface area contributed by atoms with Crippen molar-refractivity contribution in [3.8, 4) is 0 Å². The average molecular weight is 224 g/mol. The maximum atomic E-state index is 5.73. The fourth-order valence-corrected chi connectivity index (χ4v) is 5.69. The van der Waals surface area contributed by atoms with Gasteiger partial charge in [-0.25, -0.2) is 0 Å². The number of fused-ring (bicyclic) bond motifs is 6. The first kappa shape index (κ1) is 9.35. The van der Waals surface area contributed by atoms with E-state index in [2.05, 4.69) is 18.0 Å². The highest BCUT2D eigenvalue weighted by Gasteiger charge is 2.56. The summed E-state index contributed by atoms with van der Waals surface area (Å²) in [7, 11) is 0. The minimum absolute atomic E-state index is 0.693. The fraction of sp³-hybridized carbons (Fsp3) is 1.00. The van der Waals surface area contributed by atoms with Gasteiger partial charge < -0.3 is 4.74 Å². The van der Waals surface area contributed by atoms with Crippen molar-refractivity contribution in [2.75, 3.05) is 6.26 Å². The molecule has 0 radical (unpaired) electrons. The van der Waals surface area contributed by atoms with Crippen LogP contribution in [0, 0.1) is 23.7 Å². The zero-order valence-electron chi connectivity index (χ0n) is 9.39. The molecule has 4 rings (SSSR count). The SMILES string of the molecule is CSC1CC2CC(C1)C1CC3OC3CC21. The van der Waals surface area contributed by atoms with Crippen LogP contribution < -0.4 is 0 Å². The second kappa shape index (κ2) is 3.16. The van der Waals surface area contributed by atoms with Crippen molar-refractivity contribution < 1.29 is 4.74 Å². The predicted octanol–water partition coefficient (Wildman–Crippen LogP) is 2.94. The third kappa shape index (κ3) is 1.33. The molecule has 4 aliphatic rings. The summed E-state index contributed by atoms with van der Waals surface area (Å²) in [4.78, 5) is 0. The summed E-state index contributed by atoms with van der Waals surface area (Å²) in [5.41, 5.74) is 0. The van der Waals surface area contributed by atoms with Gasteiger partial charge in [-0.3, -0.25) is 0 Å². The highest BCUT2D eigenvalue weighted by Crippen LogP contribution is 2.59. The maximum absolute atomic E-state index is 5.73. The Morgan fingerprint density at radius 1 is 0.867 bits per heavy atom. The molecule has 0 N–H and O–H groups in total. The van der Waals surface area contributed by atoms with Crippen LogP contribution in [-0.4, -0.2) is 23.7 Å². The molecule has 84 valence electrons. The predicted molar refractivity (Wildman–Crippen MR) is 63.0 cm³/mol. The van der Waals surface area contributed by atoms with E-state index < -0.39 is 0 Å². The van der Waals surface area contributed by atoms with Gasteiger partial charge in [0.15, 0.2) is 0 Å². The van der Waals surface area contributed by atoms with E-state index in [-0.39, 0.29) is 0 Å². The quantitative estimate of drug-likeness (QED) is 0.635. The number of hydrogen-bond acceptors (Lipinski definition) is 2. The van der Waals surface area contributed by atoms with E-state index in [4.69, 9.17) is 4.74 Å². The zero-order valence-corrected chi connectivity index (χ0v) is 10.2. The highest BCUT2D eigenvalue weighted by atomic mass is 32.2. The molecule has 1 saturated heterocycles. The van der Waals surface area contributed by atoms with Crippen LogP contribution in [-0.2, 0) is 4.74 Å². The van der Waals surface area contributed by atoms with Gasteiger partial charge in [-0.1, -0.05) is 0 Å². The van der Waals surface area contributed by atoms with Gasteiger partial charge in [-0.2, -0.15) is 11.8 Å². The molecule has 3 saturated carbocycles. The molecule has 6 atom stereocenters. The first-order chi connectivity index (χ1) is 7.35.